The lowest BCUT2D eigenvalue weighted by molar-refractivity contribution is -0.119. The molecule has 0 radical (unpaired) electrons. The number of carbonyl (C=O) groups excluding carboxylic acids is 1. The maximum Gasteiger partial charge on any atom is 0.196 e. The second kappa shape index (κ2) is 7.89. The van der Waals surface area contributed by atoms with Crippen molar-refractivity contribution in [1.82, 2.24) is 19.7 Å². The minimum atomic E-state index is -0.0217. The highest BCUT2D eigenvalue weighted by atomic mass is 35.5. The number of aromatic nitrogens is 3. The first-order chi connectivity index (χ1) is 12.0. The second-order valence-electron chi connectivity index (χ2n) is 6.61. The lowest BCUT2D eigenvalue weighted by atomic mass is 9.99. The molecule has 0 bridgehead atoms. The van der Waals surface area contributed by atoms with E-state index in [1.807, 2.05) is 42.9 Å². The molecule has 1 aromatic carbocycles. The maximum atomic E-state index is 12.2. The molecule has 2 atom stereocenters. The number of halogens is 1. The minimum Gasteiger partial charge on any atom is -0.300 e. The van der Waals surface area contributed by atoms with E-state index >= 15 is 0 Å². The van der Waals surface area contributed by atoms with Crippen molar-refractivity contribution in [3.05, 3.63) is 35.1 Å². The highest BCUT2D eigenvalue weighted by Gasteiger charge is 2.28. The largest absolute Gasteiger partial charge is 0.300 e. The van der Waals surface area contributed by atoms with Crippen LogP contribution in [0.15, 0.2) is 29.4 Å². The van der Waals surface area contributed by atoms with Gasteiger partial charge in [0.05, 0.1) is 11.3 Å². The van der Waals surface area contributed by atoms with Gasteiger partial charge in [-0.15, -0.1) is 10.2 Å². The fraction of sp³-hybridized carbons (Fsp3) is 0.500. The van der Waals surface area contributed by atoms with Gasteiger partial charge in [0.25, 0.3) is 0 Å². The predicted octanol–water partition coefficient (Wildman–Crippen LogP) is 4.15. The fourth-order valence-corrected chi connectivity index (χ4v) is 4.20. The summed E-state index contributed by atoms with van der Waals surface area (Å²) in [7, 11) is 4.03. The van der Waals surface area contributed by atoms with Crippen molar-refractivity contribution in [2.24, 2.45) is 0 Å². The standard InChI is InChI=1S/C18H23ClN4OS/c1-12(22(2)3)17-20-21-18(25-16-7-5-4-6-15(16)24)23(17)14-10-8-13(19)9-11-14/h8-12,16H,4-7H2,1-3H3. The number of benzene rings is 1. The zero-order valence-electron chi connectivity index (χ0n) is 14.8. The molecule has 2 unspecified atom stereocenters. The van der Waals surface area contributed by atoms with Gasteiger partial charge in [0.15, 0.2) is 11.0 Å². The third-order valence-corrected chi connectivity index (χ3v) is 6.15. The van der Waals surface area contributed by atoms with Crippen molar-refractivity contribution < 1.29 is 4.79 Å². The summed E-state index contributed by atoms with van der Waals surface area (Å²) in [5.41, 5.74) is 0.962. The average molecular weight is 379 g/mol. The zero-order chi connectivity index (χ0) is 18.0. The molecule has 1 heterocycles. The van der Waals surface area contributed by atoms with Gasteiger partial charge in [-0.25, -0.2) is 0 Å². The molecule has 1 aliphatic carbocycles. The van der Waals surface area contributed by atoms with Gasteiger partial charge in [-0.05, 0) is 58.1 Å². The number of hydrogen-bond acceptors (Lipinski definition) is 5. The number of Topliss-reactive ketones (excluding diaryl/α,β-unsaturated/α-hetero) is 1. The van der Waals surface area contributed by atoms with Crippen molar-refractivity contribution in [2.45, 2.75) is 49.1 Å². The number of rotatable bonds is 5. The number of carbonyl (C=O) groups is 1. The molecule has 5 nitrogen and oxygen atoms in total. The minimum absolute atomic E-state index is 0.0217. The van der Waals surface area contributed by atoms with Crippen molar-refractivity contribution in [2.75, 3.05) is 14.1 Å². The molecule has 3 rings (SSSR count). The molecule has 1 fully saturated rings. The Balaban J connectivity index is 2.00. The first-order valence-electron chi connectivity index (χ1n) is 8.54. The maximum absolute atomic E-state index is 12.2. The van der Waals surface area contributed by atoms with Crippen LogP contribution >= 0.6 is 23.4 Å². The van der Waals surface area contributed by atoms with E-state index in [1.54, 1.807) is 0 Å². The van der Waals surface area contributed by atoms with Gasteiger partial charge >= 0.3 is 0 Å². The fourth-order valence-electron chi connectivity index (χ4n) is 2.89. The summed E-state index contributed by atoms with van der Waals surface area (Å²) in [5, 5.41) is 10.3. The third-order valence-electron chi connectivity index (χ3n) is 4.64. The molecular formula is C18H23ClN4OS. The van der Waals surface area contributed by atoms with Crippen LogP contribution in [0.4, 0.5) is 0 Å². The average Bonchev–Trinajstić information content (AvgIpc) is 3.00. The Morgan fingerprint density at radius 3 is 2.60 bits per heavy atom. The van der Waals surface area contributed by atoms with Crippen LogP contribution in [0, 0.1) is 0 Å². The number of hydrogen-bond donors (Lipinski definition) is 0. The van der Waals surface area contributed by atoms with Gasteiger partial charge in [0.2, 0.25) is 0 Å². The van der Waals surface area contributed by atoms with Gasteiger partial charge in [-0.1, -0.05) is 29.8 Å². The number of thioether (sulfide) groups is 1. The third kappa shape index (κ3) is 4.07. The normalized spacial score (nSPS) is 19.4. The molecule has 0 spiro atoms. The Kier molecular flexibility index (Phi) is 5.81. The lowest BCUT2D eigenvalue weighted by Crippen LogP contribution is -2.23. The highest BCUT2D eigenvalue weighted by Crippen LogP contribution is 2.34. The molecule has 0 amide bonds. The van der Waals surface area contributed by atoms with E-state index in [0.29, 0.717) is 17.2 Å². The van der Waals surface area contributed by atoms with Crippen molar-refractivity contribution >= 4 is 29.1 Å². The Labute approximate surface area is 157 Å². The monoisotopic (exact) mass is 378 g/mol. The van der Waals surface area contributed by atoms with E-state index in [9.17, 15) is 4.79 Å². The van der Waals surface area contributed by atoms with E-state index in [1.165, 1.54) is 11.8 Å². The molecule has 1 aromatic heterocycles. The van der Waals surface area contributed by atoms with Gasteiger partial charge in [-0.2, -0.15) is 0 Å². The highest BCUT2D eigenvalue weighted by molar-refractivity contribution is 8.00. The first-order valence-corrected chi connectivity index (χ1v) is 9.80. The Morgan fingerprint density at radius 1 is 1.24 bits per heavy atom. The van der Waals surface area contributed by atoms with Crippen LogP contribution < -0.4 is 0 Å². The number of nitrogens with zero attached hydrogens (tertiary/aromatic N) is 4. The van der Waals surface area contributed by atoms with Crippen LogP contribution in [0.1, 0.15) is 44.5 Å². The smallest absolute Gasteiger partial charge is 0.196 e. The molecule has 1 aliphatic rings. The van der Waals surface area contributed by atoms with E-state index in [2.05, 4.69) is 22.0 Å². The molecule has 1 saturated carbocycles. The summed E-state index contributed by atoms with van der Waals surface area (Å²) < 4.78 is 2.05. The summed E-state index contributed by atoms with van der Waals surface area (Å²) in [6.45, 7) is 2.09. The molecule has 0 saturated heterocycles. The molecular weight excluding hydrogens is 356 g/mol. The van der Waals surface area contributed by atoms with Gasteiger partial charge < -0.3 is 0 Å². The van der Waals surface area contributed by atoms with Crippen LogP contribution in [-0.4, -0.2) is 44.8 Å². The molecule has 134 valence electrons. The van der Waals surface area contributed by atoms with Gasteiger partial charge in [-0.3, -0.25) is 14.3 Å². The van der Waals surface area contributed by atoms with E-state index in [0.717, 1.165) is 35.9 Å². The van der Waals surface area contributed by atoms with Crippen LogP contribution in [0.2, 0.25) is 5.02 Å². The van der Waals surface area contributed by atoms with Crippen LogP contribution in [-0.2, 0) is 4.79 Å². The zero-order valence-corrected chi connectivity index (χ0v) is 16.3. The van der Waals surface area contributed by atoms with Crippen molar-refractivity contribution in [3.63, 3.8) is 0 Å². The van der Waals surface area contributed by atoms with Crippen LogP contribution in [0.3, 0.4) is 0 Å². The SMILES string of the molecule is CC(c1nnc(SC2CCCCC2=O)n1-c1ccc(Cl)cc1)N(C)C. The molecule has 0 N–H and O–H groups in total. The molecule has 2 aromatic rings. The summed E-state index contributed by atoms with van der Waals surface area (Å²) in [4.78, 5) is 14.3. The molecule has 0 aliphatic heterocycles. The summed E-state index contributed by atoms with van der Waals surface area (Å²) in [6.07, 6.45) is 3.69. The Hall–Kier alpha value is -1.37. The van der Waals surface area contributed by atoms with Crippen LogP contribution in [0.5, 0.6) is 0 Å². The second-order valence-corrected chi connectivity index (χ2v) is 8.22. The molecule has 25 heavy (non-hydrogen) atoms. The molecule has 7 heteroatoms. The van der Waals surface area contributed by atoms with Crippen molar-refractivity contribution in [3.8, 4) is 5.69 Å². The van der Waals surface area contributed by atoms with E-state index in [-0.39, 0.29) is 11.3 Å². The van der Waals surface area contributed by atoms with Gasteiger partial charge in [0.1, 0.15) is 5.78 Å². The number of ketones is 1. The van der Waals surface area contributed by atoms with Gasteiger partial charge in [0, 0.05) is 17.1 Å². The predicted molar refractivity (Wildman–Crippen MR) is 102 cm³/mol. The summed E-state index contributed by atoms with van der Waals surface area (Å²) in [5.74, 6) is 1.18. The van der Waals surface area contributed by atoms with E-state index in [4.69, 9.17) is 11.6 Å². The summed E-state index contributed by atoms with van der Waals surface area (Å²) in [6, 6.07) is 7.75. The lowest BCUT2D eigenvalue weighted by Gasteiger charge is -2.22. The Bertz CT molecular complexity index is 744. The van der Waals surface area contributed by atoms with Crippen molar-refractivity contribution in [1.29, 1.82) is 0 Å². The topological polar surface area (TPSA) is 51.0 Å². The first kappa shape index (κ1) is 18.4. The quantitative estimate of drug-likeness (QED) is 0.782. The van der Waals surface area contributed by atoms with Crippen LogP contribution in [0.25, 0.3) is 5.69 Å². The Morgan fingerprint density at radius 2 is 1.96 bits per heavy atom. The summed E-state index contributed by atoms with van der Waals surface area (Å²) >= 11 is 7.58. The van der Waals surface area contributed by atoms with E-state index < -0.39 is 0 Å².